The van der Waals surface area contributed by atoms with Gasteiger partial charge >= 0.3 is 0 Å². The number of nitriles is 1. The number of fused-ring (bicyclic) bond motifs is 1. The quantitative estimate of drug-likeness (QED) is 0.633. The van der Waals surface area contributed by atoms with E-state index in [1.54, 1.807) is 18.2 Å². The molecule has 7 nitrogen and oxygen atoms in total. The molecule has 1 aliphatic rings. The molecule has 4 rings (SSSR count). The molecule has 0 bridgehead atoms. The van der Waals surface area contributed by atoms with Crippen molar-refractivity contribution < 1.29 is 14.0 Å². The number of nitrogens with zero attached hydrogens (tertiary/aromatic N) is 2. The number of amides is 2. The molecule has 2 aromatic carbocycles. The van der Waals surface area contributed by atoms with E-state index in [2.05, 4.69) is 21.7 Å². The molecular weight excluding hydrogens is 404 g/mol. The molecule has 0 saturated heterocycles. The van der Waals surface area contributed by atoms with E-state index < -0.39 is 23.4 Å². The summed E-state index contributed by atoms with van der Waals surface area (Å²) < 4.78 is 5.75. The zero-order valence-electron chi connectivity index (χ0n) is 16.2. The average Bonchev–Trinajstić information content (AvgIpc) is 3.38. The third-order valence-electron chi connectivity index (χ3n) is 5.00. The summed E-state index contributed by atoms with van der Waals surface area (Å²) in [4.78, 5) is 30.0. The first-order valence-corrected chi connectivity index (χ1v) is 9.91. The molecule has 1 aliphatic carbocycles. The lowest BCUT2D eigenvalue weighted by molar-refractivity contribution is -0.123. The number of rotatable bonds is 6. The smallest absolute Gasteiger partial charge is 0.251 e. The van der Waals surface area contributed by atoms with Gasteiger partial charge in [-0.2, -0.15) is 5.26 Å². The van der Waals surface area contributed by atoms with E-state index in [1.165, 1.54) is 6.07 Å². The van der Waals surface area contributed by atoms with Crippen LogP contribution >= 0.6 is 11.6 Å². The van der Waals surface area contributed by atoms with Gasteiger partial charge in [0, 0.05) is 10.6 Å². The van der Waals surface area contributed by atoms with E-state index in [0.29, 0.717) is 40.4 Å². The van der Waals surface area contributed by atoms with Gasteiger partial charge < -0.3 is 15.1 Å². The van der Waals surface area contributed by atoms with Crippen LogP contribution in [0.25, 0.3) is 11.1 Å². The molecule has 1 aromatic heterocycles. The Bertz CT molecular complexity index is 1180. The second-order valence-corrected chi connectivity index (χ2v) is 7.94. The van der Waals surface area contributed by atoms with E-state index in [-0.39, 0.29) is 6.42 Å². The predicted octanol–water partition coefficient (Wildman–Crippen LogP) is 3.30. The Hall–Kier alpha value is -3.37. The fourth-order valence-corrected chi connectivity index (χ4v) is 3.33. The number of oxazole rings is 1. The highest BCUT2D eigenvalue weighted by molar-refractivity contribution is 6.31. The Labute approximate surface area is 178 Å². The number of carbonyl (C=O) groups is 2. The van der Waals surface area contributed by atoms with Gasteiger partial charge in [0.15, 0.2) is 11.5 Å². The second kappa shape index (κ2) is 7.81. The maximum atomic E-state index is 12.9. The van der Waals surface area contributed by atoms with Crippen molar-refractivity contribution in [1.82, 2.24) is 15.6 Å². The lowest BCUT2D eigenvalue weighted by Crippen LogP contribution is -2.51. The largest absolute Gasteiger partial charge is 0.441 e. The summed E-state index contributed by atoms with van der Waals surface area (Å²) in [5.41, 5.74) is 1.80. The minimum atomic E-state index is -0.962. The van der Waals surface area contributed by atoms with Crippen molar-refractivity contribution in [2.24, 2.45) is 0 Å². The highest BCUT2D eigenvalue weighted by Crippen LogP contribution is 2.34. The number of hydrogen-bond donors (Lipinski definition) is 2. The van der Waals surface area contributed by atoms with Crippen LogP contribution in [0.15, 0.2) is 46.9 Å². The molecule has 3 aromatic rings. The SMILES string of the molecule is Cc1ccc2oc(C[C@H](NC(=O)c3cccc(Cl)c3)C(=O)NC3(C#N)CC3)nc2c1. The van der Waals surface area contributed by atoms with Crippen LogP contribution in [-0.2, 0) is 11.2 Å². The maximum absolute atomic E-state index is 12.9. The van der Waals surface area contributed by atoms with Gasteiger partial charge in [-0.05, 0) is 55.7 Å². The first kappa shape index (κ1) is 19.9. The van der Waals surface area contributed by atoms with Gasteiger partial charge in [0.1, 0.15) is 17.1 Å². The van der Waals surface area contributed by atoms with Crippen LogP contribution in [0.2, 0.25) is 5.02 Å². The summed E-state index contributed by atoms with van der Waals surface area (Å²) in [6, 6.07) is 13.2. The summed E-state index contributed by atoms with van der Waals surface area (Å²) in [6.07, 6.45) is 1.23. The van der Waals surface area contributed by atoms with Crippen LogP contribution in [0.5, 0.6) is 0 Å². The average molecular weight is 423 g/mol. The summed E-state index contributed by atoms with van der Waals surface area (Å²) >= 11 is 5.97. The van der Waals surface area contributed by atoms with Crippen LogP contribution < -0.4 is 10.6 Å². The van der Waals surface area contributed by atoms with Crippen molar-refractivity contribution in [1.29, 1.82) is 5.26 Å². The second-order valence-electron chi connectivity index (χ2n) is 7.50. The van der Waals surface area contributed by atoms with Crippen LogP contribution in [0.3, 0.4) is 0 Å². The summed E-state index contributed by atoms with van der Waals surface area (Å²) in [6.45, 7) is 1.95. The van der Waals surface area contributed by atoms with Crippen molar-refractivity contribution in [2.75, 3.05) is 0 Å². The van der Waals surface area contributed by atoms with Crippen LogP contribution in [0, 0.1) is 18.3 Å². The summed E-state index contributed by atoms with van der Waals surface area (Å²) in [5.74, 6) is -0.585. The van der Waals surface area contributed by atoms with Crippen molar-refractivity contribution in [3.63, 3.8) is 0 Å². The van der Waals surface area contributed by atoms with Gasteiger partial charge in [-0.3, -0.25) is 9.59 Å². The number of hydrogen-bond acceptors (Lipinski definition) is 5. The molecule has 152 valence electrons. The molecule has 0 spiro atoms. The number of carbonyl (C=O) groups excluding carboxylic acids is 2. The molecule has 2 N–H and O–H groups in total. The molecule has 0 radical (unpaired) electrons. The minimum absolute atomic E-state index is 0.0490. The standard InChI is InChI=1S/C22H19ClN4O3/c1-13-5-6-18-16(9-13)25-19(30-18)11-17(21(29)27-22(12-24)7-8-22)26-20(28)14-3-2-4-15(23)10-14/h2-6,9-10,17H,7-8,11H2,1H3,(H,26,28)(H,27,29)/t17-/m0/s1. The van der Waals surface area contributed by atoms with E-state index in [9.17, 15) is 14.9 Å². The maximum Gasteiger partial charge on any atom is 0.251 e. The normalized spacial score (nSPS) is 15.2. The molecule has 1 heterocycles. The molecule has 1 fully saturated rings. The van der Waals surface area contributed by atoms with Crippen LogP contribution in [0.1, 0.15) is 34.7 Å². The minimum Gasteiger partial charge on any atom is -0.441 e. The van der Waals surface area contributed by atoms with Gasteiger partial charge in [-0.25, -0.2) is 4.98 Å². The van der Waals surface area contributed by atoms with Crippen molar-refractivity contribution in [2.45, 2.75) is 37.8 Å². The first-order valence-electron chi connectivity index (χ1n) is 9.53. The zero-order valence-corrected chi connectivity index (χ0v) is 17.0. The fourth-order valence-electron chi connectivity index (χ4n) is 3.14. The number of benzene rings is 2. The van der Waals surface area contributed by atoms with E-state index in [0.717, 1.165) is 5.56 Å². The van der Waals surface area contributed by atoms with Gasteiger partial charge in [-0.15, -0.1) is 0 Å². The molecule has 30 heavy (non-hydrogen) atoms. The fraction of sp³-hybridized carbons (Fsp3) is 0.273. The summed E-state index contributed by atoms with van der Waals surface area (Å²) in [7, 11) is 0. The monoisotopic (exact) mass is 422 g/mol. The van der Waals surface area contributed by atoms with E-state index in [4.69, 9.17) is 16.0 Å². The number of aromatic nitrogens is 1. The molecule has 1 saturated carbocycles. The molecule has 2 amide bonds. The Morgan fingerprint density at radius 2 is 2.10 bits per heavy atom. The number of aryl methyl sites for hydroxylation is 1. The van der Waals surface area contributed by atoms with Crippen molar-refractivity contribution in [3.05, 3.63) is 64.5 Å². The van der Waals surface area contributed by atoms with Crippen molar-refractivity contribution in [3.8, 4) is 6.07 Å². The van der Waals surface area contributed by atoms with Gasteiger partial charge in [0.25, 0.3) is 5.91 Å². The molecule has 0 unspecified atom stereocenters. The number of nitrogens with one attached hydrogen (secondary N) is 2. The predicted molar refractivity (Wildman–Crippen MR) is 111 cm³/mol. The Kier molecular flexibility index (Phi) is 5.18. The zero-order chi connectivity index (χ0) is 21.3. The molecule has 1 atom stereocenters. The molecular formula is C22H19ClN4O3. The van der Waals surface area contributed by atoms with Crippen molar-refractivity contribution >= 4 is 34.5 Å². The lowest BCUT2D eigenvalue weighted by atomic mass is 10.1. The Morgan fingerprint density at radius 3 is 2.80 bits per heavy atom. The lowest BCUT2D eigenvalue weighted by Gasteiger charge is -2.19. The summed E-state index contributed by atoms with van der Waals surface area (Å²) in [5, 5.41) is 15.2. The van der Waals surface area contributed by atoms with E-state index in [1.807, 2.05) is 25.1 Å². The van der Waals surface area contributed by atoms with Gasteiger partial charge in [0.2, 0.25) is 5.91 Å². The van der Waals surface area contributed by atoms with Crippen LogP contribution in [0.4, 0.5) is 0 Å². The van der Waals surface area contributed by atoms with Crippen LogP contribution in [-0.4, -0.2) is 28.4 Å². The van der Waals surface area contributed by atoms with Gasteiger partial charge in [-0.1, -0.05) is 23.7 Å². The topological polar surface area (TPSA) is 108 Å². The third kappa shape index (κ3) is 4.29. The Balaban J connectivity index is 1.58. The highest BCUT2D eigenvalue weighted by Gasteiger charge is 2.45. The highest BCUT2D eigenvalue weighted by atomic mass is 35.5. The Morgan fingerprint density at radius 1 is 1.30 bits per heavy atom. The molecule has 0 aliphatic heterocycles. The first-order chi connectivity index (χ1) is 14.4. The molecule has 8 heteroatoms. The van der Waals surface area contributed by atoms with E-state index >= 15 is 0 Å². The van der Waals surface area contributed by atoms with Gasteiger partial charge in [0.05, 0.1) is 12.5 Å². The third-order valence-corrected chi connectivity index (χ3v) is 5.24. The number of halogens is 1.